The fraction of sp³-hybridized carbons (Fsp3) is 0.0112. The lowest BCUT2D eigenvalue weighted by molar-refractivity contribution is 1.13. The van der Waals surface area contributed by atoms with E-state index in [1.165, 1.54) is 162 Å². The predicted octanol–water partition coefficient (Wildman–Crippen LogP) is 25.8. The van der Waals surface area contributed by atoms with Crippen LogP contribution in [0, 0.1) is 0 Å². The zero-order valence-corrected chi connectivity index (χ0v) is 54.8. The van der Waals surface area contributed by atoms with Gasteiger partial charge in [-0.3, -0.25) is 0 Å². The van der Waals surface area contributed by atoms with Crippen molar-refractivity contribution in [3.63, 3.8) is 0 Å². The van der Waals surface area contributed by atoms with Gasteiger partial charge in [0.05, 0.1) is 22.1 Å². The highest BCUT2D eigenvalue weighted by atomic mass is 79.9. The Morgan fingerprint density at radius 1 is 0.253 bits per heavy atom. The van der Waals surface area contributed by atoms with Crippen LogP contribution in [-0.2, 0) is 6.42 Å². The Morgan fingerprint density at radius 3 is 1.20 bits per heavy atom. The molecular formula is C89H58BrN3S2. The molecule has 5 aromatic heterocycles. The maximum Gasteiger partial charge on any atom is 0.0635 e. The number of benzene rings is 14. The third-order valence-corrected chi connectivity index (χ3v) is 22.1. The van der Waals surface area contributed by atoms with Crippen molar-refractivity contribution in [2.75, 3.05) is 0 Å². The van der Waals surface area contributed by atoms with E-state index in [2.05, 4.69) is 370 Å². The summed E-state index contributed by atoms with van der Waals surface area (Å²) in [6.45, 7) is 0. The molecule has 0 aliphatic heterocycles. The molecular weight excluding hydrogens is 1260 g/mol. The molecule has 1 aliphatic rings. The lowest BCUT2D eigenvalue weighted by Crippen LogP contribution is -1.95. The molecule has 0 radical (unpaired) electrons. The van der Waals surface area contributed by atoms with Crippen LogP contribution in [0.15, 0.2) is 344 Å². The van der Waals surface area contributed by atoms with Gasteiger partial charge >= 0.3 is 0 Å². The summed E-state index contributed by atoms with van der Waals surface area (Å²) in [5.41, 5.74) is 24.4. The molecule has 1 aliphatic carbocycles. The second-order valence-corrected chi connectivity index (χ2v) is 27.3. The standard InChI is InChI=1S/C44H28N2S.C24H15BrS.C21H15N/c1-3-11-29(12-4-1)33-16-9-18-37-38-19-10-17-34(44(38)47-43(33)37)30-21-23-32(24-22-30)46-41-20-8-7-15-35(41)36-25-26-40-39(42(36)46)27-28-45(40)31-13-5-2-6-14-31;25-18-14-12-17(13-15-18)20-9-5-11-22-21-10-4-8-19(23(21)26-24(20)22)16-6-2-1-3-7-16;1-2-7-16(8-3-1)22-13-12-19-20-14-15-6-4-5-9-17(15)18(20)10-11-21(19)22/h1-28H;1-15H;1-13H,14H2. The molecule has 3 nitrogen and oxygen atoms in total. The monoisotopic (exact) mass is 1310 g/mol. The van der Waals surface area contributed by atoms with Crippen molar-refractivity contribution in [2.24, 2.45) is 0 Å². The Labute approximate surface area is 566 Å². The quantitative estimate of drug-likeness (QED) is 0.151. The molecule has 0 N–H and O–H groups in total. The second kappa shape index (κ2) is 23.8. The predicted molar refractivity (Wildman–Crippen MR) is 411 cm³/mol. The summed E-state index contributed by atoms with van der Waals surface area (Å²) in [7, 11) is 0. The van der Waals surface area contributed by atoms with Gasteiger partial charge in [0.1, 0.15) is 0 Å². The molecule has 6 heteroatoms. The summed E-state index contributed by atoms with van der Waals surface area (Å²) in [5, 5.41) is 10.5. The highest BCUT2D eigenvalue weighted by Crippen LogP contribution is 2.47. The lowest BCUT2D eigenvalue weighted by Gasteiger charge is -2.11. The van der Waals surface area contributed by atoms with Crippen molar-refractivity contribution >= 4 is 123 Å². The summed E-state index contributed by atoms with van der Waals surface area (Å²) >= 11 is 7.34. The Hall–Kier alpha value is -11.1. The molecule has 0 unspecified atom stereocenters. The van der Waals surface area contributed by atoms with Crippen LogP contribution in [0.25, 0.3) is 157 Å². The van der Waals surface area contributed by atoms with E-state index in [9.17, 15) is 0 Å². The maximum atomic E-state index is 3.53. The zero-order chi connectivity index (χ0) is 62.9. The summed E-state index contributed by atoms with van der Waals surface area (Å²) in [6.07, 6.45) is 5.42. The van der Waals surface area contributed by atoms with Crippen molar-refractivity contribution in [1.29, 1.82) is 0 Å². The number of aromatic nitrogens is 3. The Kier molecular flexibility index (Phi) is 14.2. The smallest absolute Gasteiger partial charge is 0.0635 e. The van der Waals surface area contributed by atoms with Crippen LogP contribution < -0.4 is 0 Å². The average Bonchev–Trinajstić information content (AvgIpc) is 1.61. The normalized spacial score (nSPS) is 11.8. The van der Waals surface area contributed by atoms with Crippen molar-refractivity contribution < 1.29 is 0 Å². The minimum Gasteiger partial charge on any atom is -0.317 e. The van der Waals surface area contributed by atoms with Gasteiger partial charge in [0, 0.05) is 95.8 Å². The third-order valence-electron chi connectivity index (χ3n) is 19.0. The minimum atomic E-state index is 1.04. The van der Waals surface area contributed by atoms with Crippen molar-refractivity contribution in [3.8, 4) is 72.7 Å². The number of para-hydroxylation sites is 3. The van der Waals surface area contributed by atoms with Crippen LogP contribution in [0.3, 0.4) is 0 Å². The summed E-state index contributed by atoms with van der Waals surface area (Å²) in [5.74, 6) is 0. The van der Waals surface area contributed by atoms with Gasteiger partial charge in [0.15, 0.2) is 0 Å². The molecule has 20 rings (SSSR count). The van der Waals surface area contributed by atoms with E-state index >= 15 is 0 Å². The minimum absolute atomic E-state index is 1.04. The Bertz CT molecular complexity index is 6100. The number of nitrogens with zero attached hydrogens (tertiary/aromatic N) is 3. The number of rotatable bonds is 7. The Balaban J connectivity index is 0.000000115. The molecule has 448 valence electrons. The molecule has 19 aromatic rings. The van der Waals surface area contributed by atoms with Gasteiger partial charge in [-0.25, -0.2) is 0 Å². The van der Waals surface area contributed by atoms with E-state index in [0.29, 0.717) is 0 Å². The topological polar surface area (TPSA) is 14.8 Å². The molecule has 0 amide bonds. The van der Waals surface area contributed by atoms with Crippen LogP contribution in [0.5, 0.6) is 0 Å². The van der Waals surface area contributed by atoms with Gasteiger partial charge < -0.3 is 13.7 Å². The summed E-state index contributed by atoms with van der Waals surface area (Å²) in [6, 6.07) is 118. The van der Waals surface area contributed by atoms with Gasteiger partial charge in [-0.2, -0.15) is 0 Å². The maximum absolute atomic E-state index is 3.53. The lowest BCUT2D eigenvalue weighted by atomic mass is 10.00. The fourth-order valence-corrected chi connectivity index (χ4v) is 17.6. The third kappa shape index (κ3) is 9.83. The van der Waals surface area contributed by atoms with Crippen LogP contribution in [0.2, 0.25) is 0 Å². The second-order valence-electron chi connectivity index (χ2n) is 24.4. The van der Waals surface area contributed by atoms with E-state index in [4.69, 9.17) is 0 Å². The first-order chi connectivity index (χ1) is 47.1. The molecule has 14 aromatic carbocycles. The van der Waals surface area contributed by atoms with Gasteiger partial charge in [-0.05, 0) is 152 Å². The number of halogens is 1. The summed E-state index contributed by atoms with van der Waals surface area (Å²) in [4.78, 5) is 0. The first-order valence-electron chi connectivity index (χ1n) is 32.3. The van der Waals surface area contributed by atoms with Crippen molar-refractivity contribution in [1.82, 2.24) is 13.7 Å². The Morgan fingerprint density at radius 2 is 0.663 bits per heavy atom. The van der Waals surface area contributed by atoms with Gasteiger partial charge in [0.2, 0.25) is 0 Å². The summed E-state index contributed by atoms with van der Waals surface area (Å²) < 4.78 is 13.5. The van der Waals surface area contributed by atoms with E-state index in [0.717, 1.165) is 16.6 Å². The fourth-order valence-electron chi connectivity index (χ4n) is 14.6. The van der Waals surface area contributed by atoms with Crippen LogP contribution >= 0.6 is 38.6 Å². The zero-order valence-electron chi connectivity index (χ0n) is 51.6. The first-order valence-corrected chi connectivity index (χ1v) is 34.7. The van der Waals surface area contributed by atoms with Gasteiger partial charge in [0.25, 0.3) is 0 Å². The molecule has 0 fully saturated rings. The average molecular weight is 1310 g/mol. The van der Waals surface area contributed by atoms with E-state index in [1.54, 1.807) is 0 Å². The number of hydrogen-bond acceptors (Lipinski definition) is 2. The number of hydrogen-bond donors (Lipinski definition) is 0. The highest BCUT2D eigenvalue weighted by Gasteiger charge is 2.23. The number of fused-ring (bicyclic) bond motifs is 16. The van der Waals surface area contributed by atoms with E-state index in [1.807, 2.05) is 22.7 Å². The molecule has 0 spiro atoms. The highest BCUT2D eigenvalue weighted by molar-refractivity contribution is 9.10. The van der Waals surface area contributed by atoms with Crippen LogP contribution in [-0.4, -0.2) is 13.7 Å². The van der Waals surface area contributed by atoms with E-state index in [-0.39, 0.29) is 0 Å². The first kappa shape index (κ1) is 56.6. The molecule has 0 saturated carbocycles. The molecule has 0 atom stereocenters. The molecule has 5 heterocycles. The number of thiophene rings is 2. The molecule has 0 saturated heterocycles. The molecule has 95 heavy (non-hydrogen) atoms. The van der Waals surface area contributed by atoms with Crippen LogP contribution in [0.1, 0.15) is 11.1 Å². The van der Waals surface area contributed by atoms with Gasteiger partial charge in [-0.1, -0.05) is 265 Å². The van der Waals surface area contributed by atoms with Crippen molar-refractivity contribution in [3.05, 3.63) is 356 Å². The van der Waals surface area contributed by atoms with Crippen LogP contribution in [0.4, 0.5) is 0 Å². The van der Waals surface area contributed by atoms with E-state index < -0.39 is 0 Å². The van der Waals surface area contributed by atoms with Gasteiger partial charge in [-0.15, -0.1) is 22.7 Å². The van der Waals surface area contributed by atoms with Crippen molar-refractivity contribution in [2.45, 2.75) is 6.42 Å². The SMILES string of the molecule is Brc1ccc(-c2cccc3c2sc2c(-c4ccccc4)cccc23)cc1.c1ccc(-c2cccc3c2sc2c(-c4ccc(-n5c6ccccc6c6ccc7c(ccn7-c7ccccc7)c65)cc4)cccc23)cc1.c1ccc(-n2ccc3c4c(ccc32)-c2ccccc2C4)cc1. The largest absolute Gasteiger partial charge is 0.317 e. The molecule has 0 bridgehead atoms.